The Bertz CT molecular complexity index is 667. The molecule has 2 atom stereocenters. The lowest BCUT2D eigenvalue weighted by atomic mass is 10.1. The van der Waals surface area contributed by atoms with Gasteiger partial charge in [-0.2, -0.15) is 9.61 Å². The first kappa shape index (κ1) is 11.7. The Morgan fingerprint density at radius 1 is 1.42 bits per heavy atom. The number of fused-ring (bicyclic) bond motifs is 1. The van der Waals surface area contributed by atoms with Crippen molar-refractivity contribution in [3.8, 4) is 0 Å². The summed E-state index contributed by atoms with van der Waals surface area (Å²) in [5.74, 6) is -0.323. The summed E-state index contributed by atoms with van der Waals surface area (Å²) in [6, 6.07) is 0. The molecule has 3 rings (SSSR count). The Morgan fingerprint density at radius 3 is 2.89 bits per heavy atom. The van der Waals surface area contributed by atoms with E-state index in [0.29, 0.717) is 11.2 Å². The van der Waals surface area contributed by atoms with Crippen molar-refractivity contribution in [2.45, 2.75) is 12.2 Å². The van der Waals surface area contributed by atoms with Crippen molar-refractivity contribution >= 4 is 11.6 Å². The van der Waals surface area contributed by atoms with Crippen molar-refractivity contribution in [2.75, 3.05) is 12.3 Å². The van der Waals surface area contributed by atoms with Gasteiger partial charge in [-0.25, -0.2) is 9.97 Å². The van der Waals surface area contributed by atoms with Gasteiger partial charge in [-0.3, -0.25) is 0 Å². The first-order chi connectivity index (χ1) is 9.13. The molecule has 5 N–H and O–H groups in total. The van der Waals surface area contributed by atoms with Gasteiger partial charge < -0.3 is 25.8 Å². The second kappa shape index (κ2) is 4.07. The highest BCUT2D eigenvalue weighted by molar-refractivity contribution is 5.51. The summed E-state index contributed by atoms with van der Waals surface area (Å²) in [7, 11) is 0. The van der Waals surface area contributed by atoms with Gasteiger partial charge in [0.2, 0.25) is 5.95 Å². The van der Waals surface area contributed by atoms with E-state index in [1.165, 1.54) is 17.0 Å². The van der Waals surface area contributed by atoms with Crippen LogP contribution in [0.25, 0.3) is 5.65 Å². The van der Waals surface area contributed by atoms with Crippen LogP contribution in [0.15, 0.2) is 24.0 Å². The normalized spacial score (nSPS) is 23.1. The second-order valence-corrected chi connectivity index (χ2v) is 4.02. The lowest BCUT2D eigenvalue weighted by molar-refractivity contribution is 0.0331. The number of ether oxygens (including phenoxy) is 1. The fraction of sp³-hybridized carbons (Fsp3) is 0.300. The van der Waals surface area contributed by atoms with E-state index in [0.717, 1.165) is 0 Å². The number of hydrogen-bond acceptors (Lipinski definition) is 8. The number of nitrogens with zero attached hydrogens (tertiary/aromatic N) is 4. The molecule has 0 bridgehead atoms. The van der Waals surface area contributed by atoms with E-state index in [1.54, 1.807) is 0 Å². The number of nitrogens with two attached hydrogens (primary N) is 1. The minimum atomic E-state index is -1.29. The average Bonchev–Trinajstić information content (AvgIpc) is 2.94. The van der Waals surface area contributed by atoms with Crippen molar-refractivity contribution in [3.63, 3.8) is 0 Å². The van der Waals surface area contributed by atoms with Gasteiger partial charge in [0.05, 0.1) is 11.8 Å². The van der Waals surface area contributed by atoms with Crippen LogP contribution >= 0.6 is 0 Å². The van der Waals surface area contributed by atoms with E-state index < -0.39 is 24.6 Å². The molecule has 2 aromatic rings. The Hall–Kier alpha value is -2.39. The number of anilines is 1. The molecule has 19 heavy (non-hydrogen) atoms. The third-order valence-corrected chi connectivity index (χ3v) is 2.93. The average molecular weight is 265 g/mol. The number of nitrogen functional groups attached to an aromatic ring is 1. The molecule has 0 spiro atoms. The SMILES string of the molecule is Nc1ncnc2c([C@@H]3OC(CO)=C(O)C3O)cnn12. The predicted octanol–water partition coefficient (Wildman–Crippen LogP) is -1.10. The van der Waals surface area contributed by atoms with E-state index in [4.69, 9.17) is 15.6 Å². The maximum Gasteiger partial charge on any atom is 0.224 e. The summed E-state index contributed by atoms with van der Waals surface area (Å²) < 4.78 is 6.59. The maximum atomic E-state index is 9.90. The molecule has 0 fully saturated rings. The molecule has 0 saturated heterocycles. The molecule has 0 saturated carbocycles. The van der Waals surface area contributed by atoms with E-state index >= 15 is 0 Å². The number of rotatable bonds is 2. The summed E-state index contributed by atoms with van der Waals surface area (Å²) >= 11 is 0. The summed E-state index contributed by atoms with van der Waals surface area (Å²) in [5.41, 5.74) is 6.44. The fourth-order valence-corrected chi connectivity index (χ4v) is 1.99. The lowest BCUT2D eigenvalue weighted by Crippen LogP contribution is -2.16. The highest BCUT2D eigenvalue weighted by Gasteiger charge is 2.38. The van der Waals surface area contributed by atoms with Crippen molar-refractivity contribution < 1.29 is 20.1 Å². The molecule has 0 amide bonds. The molecule has 1 aliphatic heterocycles. The highest BCUT2D eigenvalue weighted by atomic mass is 16.5. The number of aliphatic hydroxyl groups is 3. The molecule has 0 aromatic carbocycles. The number of hydrogen-bond donors (Lipinski definition) is 4. The van der Waals surface area contributed by atoms with Gasteiger partial charge in [0, 0.05) is 0 Å². The standard InChI is InChI=1S/C10H11N5O4/c11-10-13-3-12-9-4(1-14-15(9)10)8-7(18)6(17)5(2-16)19-8/h1,3,7-8,16-18H,2H2,(H2,11,12,13)/t7?,8-/m0/s1. The van der Waals surface area contributed by atoms with Crippen LogP contribution in [0.5, 0.6) is 0 Å². The summed E-state index contributed by atoms with van der Waals surface area (Å²) in [5, 5.41) is 32.5. The Kier molecular flexibility index (Phi) is 2.50. The van der Waals surface area contributed by atoms with Gasteiger partial charge in [0.1, 0.15) is 12.9 Å². The zero-order valence-electron chi connectivity index (χ0n) is 9.63. The molecular formula is C10H11N5O4. The summed E-state index contributed by atoms with van der Waals surface area (Å²) in [4.78, 5) is 7.79. The minimum absolute atomic E-state index is 0.0705. The van der Waals surface area contributed by atoms with Gasteiger partial charge in [0.25, 0.3) is 0 Å². The molecule has 9 nitrogen and oxygen atoms in total. The Morgan fingerprint density at radius 2 is 2.21 bits per heavy atom. The molecule has 1 aliphatic rings. The summed E-state index contributed by atoms with van der Waals surface area (Å²) in [6.07, 6.45) is 0.500. The van der Waals surface area contributed by atoms with Crippen LogP contribution in [0.3, 0.4) is 0 Å². The van der Waals surface area contributed by atoms with Crippen LogP contribution in [0.1, 0.15) is 11.7 Å². The van der Waals surface area contributed by atoms with Gasteiger partial charge in [-0.05, 0) is 0 Å². The molecule has 3 heterocycles. The van der Waals surface area contributed by atoms with Gasteiger partial charge in [-0.1, -0.05) is 0 Å². The first-order valence-electron chi connectivity index (χ1n) is 5.45. The van der Waals surface area contributed by atoms with Gasteiger partial charge in [-0.15, -0.1) is 0 Å². The largest absolute Gasteiger partial charge is 0.506 e. The van der Waals surface area contributed by atoms with Crippen LogP contribution in [-0.2, 0) is 4.74 Å². The smallest absolute Gasteiger partial charge is 0.224 e. The second-order valence-electron chi connectivity index (χ2n) is 4.02. The van der Waals surface area contributed by atoms with Gasteiger partial charge in [0.15, 0.2) is 29.4 Å². The monoisotopic (exact) mass is 265 g/mol. The van der Waals surface area contributed by atoms with Crippen molar-refractivity contribution in [3.05, 3.63) is 29.6 Å². The third kappa shape index (κ3) is 1.59. The van der Waals surface area contributed by atoms with Crippen molar-refractivity contribution in [1.29, 1.82) is 0 Å². The van der Waals surface area contributed by atoms with Crippen LogP contribution in [0.4, 0.5) is 5.95 Å². The predicted molar refractivity (Wildman–Crippen MR) is 61.8 cm³/mol. The van der Waals surface area contributed by atoms with Crippen LogP contribution in [0.2, 0.25) is 0 Å². The molecule has 100 valence electrons. The molecule has 0 aliphatic carbocycles. The van der Waals surface area contributed by atoms with E-state index in [2.05, 4.69) is 15.1 Å². The molecule has 1 unspecified atom stereocenters. The molecule has 9 heteroatoms. The van der Waals surface area contributed by atoms with Crippen molar-refractivity contribution in [2.24, 2.45) is 0 Å². The first-order valence-corrected chi connectivity index (χ1v) is 5.45. The minimum Gasteiger partial charge on any atom is -0.506 e. The lowest BCUT2D eigenvalue weighted by Gasteiger charge is -2.13. The Labute approximate surface area is 106 Å². The van der Waals surface area contributed by atoms with Crippen molar-refractivity contribution in [1.82, 2.24) is 19.6 Å². The number of aliphatic hydroxyl groups excluding tert-OH is 3. The topological polar surface area (TPSA) is 139 Å². The molecule has 2 aromatic heterocycles. The highest BCUT2D eigenvalue weighted by Crippen LogP contribution is 2.36. The van der Waals surface area contributed by atoms with Gasteiger partial charge >= 0.3 is 0 Å². The van der Waals surface area contributed by atoms with E-state index in [1.807, 2.05) is 0 Å². The summed E-state index contributed by atoms with van der Waals surface area (Å²) in [6.45, 7) is -0.504. The van der Waals surface area contributed by atoms with E-state index in [-0.39, 0.29) is 11.7 Å². The van der Waals surface area contributed by atoms with Crippen LogP contribution < -0.4 is 5.73 Å². The maximum absolute atomic E-state index is 9.90. The van der Waals surface area contributed by atoms with Crippen LogP contribution in [0, 0.1) is 0 Å². The fourth-order valence-electron chi connectivity index (χ4n) is 1.99. The molecular weight excluding hydrogens is 254 g/mol. The Balaban J connectivity index is 2.06. The quantitative estimate of drug-likeness (QED) is 0.536. The zero-order valence-corrected chi connectivity index (χ0v) is 9.63. The van der Waals surface area contributed by atoms with E-state index in [9.17, 15) is 10.2 Å². The van der Waals surface area contributed by atoms with Crippen LogP contribution in [-0.4, -0.2) is 47.6 Å². The molecule has 0 radical (unpaired) electrons. The third-order valence-electron chi connectivity index (χ3n) is 2.93. The zero-order chi connectivity index (χ0) is 13.6. The number of aromatic nitrogens is 4.